The first-order valence-corrected chi connectivity index (χ1v) is 5.59. The highest BCUT2D eigenvalue weighted by atomic mass is 16.5. The van der Waals surface area contributed by atoms with Crippen molar-refractivity contribution in [3.05, 3.63) is 23.8 Å². The van der Waals surface area contributed by atoms with Gasteiger partial charge < -0.3 is 20.9 Å². The number of nitrogens with one attached hydrogen (secondary N) is 1. The topological polar surface area (TPSA) is 84.6 Å². The Kier molecular flexibility index (Phi) is 5.29. The Bertz CT molecular complexity index is 380. The van der Waals surface area contributed by atoms with Gasteiger partial charge in [-0.1, -0.05) is 0 Å². The minimum Gasteiger partial charge on any atom is -0.478 e. The number of carboxylic acid groups (broad SMARTS) is 1. The van der Waals surface area contributed by atoms with E-state index in [2.05, 4.69) is 5.32 Å². The number of carboxylic acids is 1. The number of aromatic carboxylic acids is 1. The third-order valence-electron chi connectivity index (χ3n) is 2.29. The highest BCUT2D eigenvalue weighted by Crippen LogP contribution is 2.19. The molecule has 0 bridgehead atoms. The van der Waals surface area contributed by atoms with Crippen LogP contribution in [0.15, 0.2) is 18.2 Å². The van der Waals surface area contributed by atoms with Crippen molar-refractivity contribution >= 4 is 17.3 Å². The summed E-state index contributed by atoms with van der Waals surface area (Å²) in [7, 11) is 0. The summed E-state index contributed by atoms with van der Waals surface area (Å²) >= 11 is 0. The maximum atomic E-state index is 10.8. The molecule has 0 atom stereocenters. The van der Waals surface area contributed by atoms with Gasteiger partial charge in [-0.2, -0.15) is 0 Å². The molecule has 1 aromatic rings. The molecule has 0 aliphatic heterocycles. The molecule has 1 aromatic carbocycles. The van der Waals surface area contributed by atoms with E-state index in [0.29, 0.717) is 31.1 Å². The van der Waals surface area contributed by atoms with E-state index in [4.69, 9.17) is 15.6 Å². The van der Waals surface area contributed by atoms with Gasteiger partial charge in [0.15, 0.2) is 0 Å². The van der Waals surface area contributed by atoms with Crippen LogP contribution in [0, 0.1) is 0 Å². The molecule has 5 heteroatoms. The maximum Gasteiger partial charge on any atom is 0.335 e. The van der Waals surface area contributed by atoms with E-state index in [-0.39, 0.29) is 5.56 Å². The SMILES string of the molecule is CCOCCCNc1cc(C(=O)O)ccc1N. The Balaban J connectivity index is 2.51. The van der Waals surface area contributed by atoms with Crippen LogP contribution in [-0.4, -0.2) is 30.8 Å². The monoisotopic (exact) mass is 238 g/mol. The fourth-order valence-corrected chi connectivity index (χ4v) is 1.38. The van der Waals surface area contributed by atoms with Gasteiger partial charge in [0, 0.05) is 19.8 Å². The Morgan fingerprint density at radius 1 is 1.53 bits per heavy atom. The zero-order valence-electron chi connectivity index (χ0n) is 9.90. The summed E-state index contributed by atoms with van der Waals surface area (Å²) in [6.45, 7) is 4.04. The van der Waals surface area contributed by atoms with Gasteiger partial charge in [0.25, 0.3) is 0 Å². The molecule has 0 aliphatic rings. The maximum absolute atomic E-state index is 10.8. The normalized spacial score (nSPS) is 10.2. The number of rotatable bonds is 7. The van der Waals surface area contributed by atoms with Crippen molar-refractivity contribution in [2.24, 2.45) is 0 Å². The van der Waals surface area contributed by atoms with Crippen LogP contribution in [0.5, 0.6) is 0 Å². The van der Waals surface area contributed by atoms with Crippen molar-refractivity contribution in [2.45, 2.75) is 13.3 Å². The van der Waals surface area contributed by atoms with Crippen LogP contribution < -0.4 is 11.1 Å². The van der Waals surface area contributed by atoms with Gasteiger partial charge in [-0.3, -0.25) is 0 Å². The molecule has 0 radical (unpaired) electrons. The third kappa shape index (κ3) is 4.32. The summed E-state index contributed by atoms with van der Waals surface area (Å²) < 4.78 is 5.20. The van der Waals surface area contributed by atoms with Crippen LogP contribution in [0.1, 0.15) is 23.7 Å². The van der Waals surface area contributed by atoms with Gasteiger partial charge in [0.1, 0.15) is 0 Å². The standard InChI is InChI=1S/C12H18N2O3/c1-2-17-7-3-6-14-11-8-9(12(15)16)4-5-10(11)13/h4-5,8,14H,2-3,6-7,13H2,1H3,(H,15,16). The van der Waals surface area contributed by atoms with E-state index < -0.39 is 5.97 Å². The van der Waals surface area contributed by atoms with E-state index >= 15 is 0 Å². The minimum atomic E-state index is -0.956. The van der Waals surface area contributed by atoms with Crippen LogP contribution in [0.4, 0.5) is 11.4 Å². The molecular weight excluding hydrogens is 220 g/mol. The molecule has 0 spiro atoms. The third-order valence-corrected chi connectivity index (χ3v) is 2.29. The first-order chi connectivity index (χ1) is 8.15. The molecule has 94 valence electrons. The fraction of sp³-hybridized carbons (Fsp3) is 0.417. The molecule has 0 saturated heterocycles. The Labute approximate surface area is 101 Å². The first kappa shape index (κ1) is 13.3. The summed E-state index contributed by atoms with van der Waals surface area (Å²) in [5, 5.41) is 12.0. The van der Waals surface area contributed by atoms with E-state index in [1.54, 1.807) is 12.1 Å². The van der Waals surface area contributed by atoms with E-state index in [9.17, 15) is 4.79 Å². The van der Waals surface area contributed by atoms with Crippen molar-refractivity contribution in [1.29, 1.82) is 0 Å². The smallest absolute Gasteiger partial charge is 0.335 e. The number of hydrogen-bond donors (Lipinski definition) is 3. The molecule has 0 amide bonds. The average Bonchev–Trinajstić information content (AvgIpc) is 2.30. The van der Waals surface area contributed by atoms with Crippen LogP contribution in [0.2, 0.25) is 0 Å². The van der Waals surface area contributed by atoms with Gasteiger partial charge in [0.05, 0.1) is 16.9 Å². The number of benzene rings is 1. The summed E-state index contributed by atoms with van der Waals surface area (Å²) in [6, 6.07) is 4.62. The van der Waals surface area contributed by atoms with E-state index in [0.717, 1.165) is 6.42 Å². The molecule has 0 fully saturated rings. The zero-order chi connectivity index (χ0) is 12.7. The van der Waals surface area contributed by atoms with Crippen LogP contribution in [-0.2, 0) is 4.74 Å². The van der Waals surface area contributed by atoms with Crippen LogP contribution in [0.25, 0.3) is 0 Å². The number of anilines is 2. The second kappa shape index (κ2) is 6.75. The average molecular weight is 238 g/mol. The predicted molar refractivity (Wildman–Crippen MR) is 67.4 cm³/mol. The Morgan fingerprint density at radius 3 is 2.94 bits per heavy atom. The lowest BCUT2D eigenvalue weighted by Gasteiger charge is -2.10. The van der Waals surface area contributed by atoms with Gasteiger partial charge in [-0.05, 0) is 31.5 Å². The number of nitrogens with two attached hydrogens (primary N) is 1. The lowest BCUT2D eigenvalue weighted by Crippen LogP contribution is -2.08. The van der Waals surface area contributed by atoms with Gasteiger partial charge in [-0.25, -0.2) is 4.79 Å². The summed E-state index contributed by atoms with van der Waals surface area (Å²) in [5.74, 6) is -0.956. The summed E-state index contributed by atoms with van der Waals surface area (Å²) in [4.78, 5) is 10.8. The highest BCUT2D eigenvalue weighted by Gasteiger charge is 2.05. The van der Waals surface area contributed by atoms with Gasteiger partial charge in [-0.15, -0.1) is 0 Å². The van der Waals surface area contributed by atoms with Crippen molar-refractivity contribution in [3.8, 4) is 0 Å². The quantitative estimate of drug-likeness (QED) is 0.498. The lowest BCUT2D eigenvalue weighted by molar-refractivity contribution is 0.0697. The van der Waals surface area contributed by atoms with Crippen molar-refractivity contribution < 1.29 is 14.6 Å². The zero-order valence-corrected chi connectivity index (χ0v) is 9.90. The number of hydrogen-bond acceptors (Lipinski definition) is 4. The van der Waals surface area contributed by atoms with Crippen molar-refractivity contribution in [1.82, 2.24) is 0 Å². The molecule has 0 saturated carbocycles. The van der Waals surface area contributed by atoms with E-state index in [1.165, 1.54) is 6.07 Å². The van der Waals surface area contributed by atoms with Crippen LogP contribution in [0.3, 0.4) is 0 Å². The molecule has 0 aliphatic carbocycles. The molecule has 1 rings (SSSR count). The number of nitrogen functional groups attached to an aromatic ring is 1. The lowest BCUT2D eigenvalue weighted by atomic mass is 10.1. The van der Waals surface area contributed by atoms with Crippen molar-refractivity contribution in [3.63, 3.8) is 0 Å². The minimum absolute atomic E-state index is 0.228. The van der Waals surface area contributed by atoms with Gasteiger partial charge >= 0.3 is 5.97 Å². The second-order valence-corrected chi connectivity index (χ2v) is 3.58. The highest BCUT2D eigenvalue weighted by molar-refractivity contribution is 5.90. The summed E-state index contributed by atoms with van der Waals surface area (Å²) in [5.41, 5.74) is 7.17. The van der Waals surface area contributed by atoms with Crippen molar-refractivity contribution in [2.75, 3.05) is 30.8 Å². The largest absolute Gasteiger partial charge is 0.478 e. The molecule has 0 unspecified atom stereocenters. The molecular formula is C12H18N2O3. The van der Waals surface area contributed by atoms with E-state index in [1.807, 2.05) is 6.92 Å². The number of carbonyl (C=O) groups is 1. The summed E-state index contributed by atoms with van der Waals surface area (Å²) in [6.07, 6.45) is 0.852. The first-order valence-electron chi connectivity index (χ1n) is 5.59. The predicted octanol–water partition coefficient (Wildman–Crippen LogP) is 1.81. The van der Waals surface area contributed by atoms with Crippen LogP contribution >= 0.6 is 0 Å². The van der Waals surface area contributed by atoms with Gasteiger partial charge in [0.2, 0.25) is 0 Å². The molecule has 4 N–H and O–H groups in total. The number of ether oxygens (including phenoxy) is 1. The Hall–Kier alpha value is -1.75. The molecule has 0 heterocycles. The second-order valence-electron chi connectivity index (χ2n) is 3.58. The molecule has 0 aromatic heterocycles. The molecule has 5 nitrogen and oxygen atoms in total. The Morgan fingerprint density at radius 2 is 2.29 bits per heavy atom. The molecule has 17 heavy (non-hydrogen) atoms. The fourth-order valence-electron chi connectivity index (χ4n) is 1.38.